The van der Waals surface area contributed by atoms with E-state index in [4.69, 9.17) is 5.11 Å². The predicted molar refractivity (Wildman–Crippen MR) is 55.0 cm³/mol. The Hall–Kier alpha value is -0.580. The second kappa shape index (κ2) is 5.34. The number of aliphatic carboxylic acids is 1. The maximum atomic E-state index is 11.4. The number of sulfone groups is 1. The van der Waals surface area contributed by atoms with E-state index in [0.717, 1.165) is 6.42 Å². The SMILES string of the molecule is CC(C)CCCS(=O)(=O)C(C)C(=O)O. The smallest absolute Gasteiger partial charge is 0.321 e. The molecule has 0 aromatic heterocycles. The first kappa shape index (κ1) is 13.4. The molecule has 0 aliphatic carbocycles. The standard InChI is InChI=1S/C9H18O4S/c1-7(2)5-4-6-14(12,13)8(3)9(10)11/h7-8H,4-6H2,1-3H3,(H,10,11). The Morgan fingerprint density at radius 1 is 1.29 bits per heavy atom. The summed E-state index contributed by atoms with van der Waals surface area (Å²) in [6.45, 7) is 5.23. The highest BCUT2D eigenvalue weighted by Gasteiger charge is 2.26. The molecule has 84 valence electrons. The van der Waals surface area contributed by atoms with E-state index in [1.807, 2.05) is 13.8 Å². The van der Waals surface area contributed by atoms with E-state index in [-0.39, 0.29) is 5.75 Å². The van der Waals surface area contributed by atoms with Crippen LogP contribution in [0.1, 0.15) is 33.6 Å². The minimum atomic E-state index is -3.45. The molecule has 0 rings (SSSR count). The number of hydrogen-bond acceptors (Lipinski definition) is 3. The summed E-state index contributed by atoms with van der Waals surface area (Å²) in [6.07, 6.45) is 1.35. The number of carbonyl (C=O) groups is 1. The van der Waals surface area contributed by atoms with Gasteiger partial charge in [0, 0.05) is 0 Å². The van der Waals surface area contributed by atoms with Crippen molar-refractivity contribution in [3.8, 4) is 0 Å². The molecule has 0 saturated heterocycles. The molecule has 5 heteroatoms. The van der Waals surface area contributed by atoms with Crippen LogP contribution < -0.4 is 0 Å². The minimum absolute atomic E-state index is 0.0291. The molecule has 0 amide bonds. The average molecular weight is 222 g/mol. The second-order valence-corrected chi connectivity index (χ2v) is 6.32. The second-order valence-electron chi connectivity index (χ2n) is 3.88. The van der Waals surface area contributed by atoms with Crippen molar-refractivity contribution in [1.82, 2.24) is 0 Å². The Labute approximate surface area is 85.2 Å². The lowest BCUT2D eigenvalue weighted by Crippen LogP contribution is -2.29. The van der Waals surface area contributed by atoms with Crippen LogP contribution in [0.5, 0.6) is 0 Å². The zero-order chi connectivity index (χ0) is 11.4. The summed E-state index contributed by atoms with van der Waals surface area (Å²) in [4.78, 5) is 10.5. The van der Waals surface area contributed by atoms with Gasteiger partial charge >= 0.3 is 5.97 Å². The Morgan fingerprint density at radius 2 is 1.79 bits per heavy atom. The molecule has 0 aliphatic rings. The molecular weight excluding hydrogens is 204 g/mol. The monoisotopic (exact) mass is 222 g/mol. The van der Waals surface area contributed by atoms with Crippen molar-refractivity contribution in [2.75, 3.05) is 5.75 Å². The third-order valence-corrected chi connectivity index (χ3v) is 4.23. The summed E-state index contributed by atoms with van der Waals surface area (Å²) in [5, 5.41) is 7.26. The molecule has 1 N–H and O–H groups in total. The van der Waals surface area contributed by atoms with E-state index in [1.54, 1.807) is 0 Å². The summed E-state index contributed by atoms with van der Waals surface area (Å²) in [7, 11) is -3.45. The van der Waals surface area contributed by atoms with Gasteiger partial charge in [0.15, 0.2) is 15.1 Å². The van der Waals surface area contributed by atoms with Gasteiger partial charge in [-0.05, 0) is 19.3 Å². The van der Waals surface area contributed by atoms with E-state index in [0.29, 0.717) is 12.3 Å². The molecule has 0 saturated carbocycles. The van der Waals surface area contributed by atoms with Crippen molar-refractivity contribution in [1.29, 1.82) is 0 Å². The van der Waals surface area contributed by atoms with Crippen molar-refractivity contribution >= 4 is 15.8 Å². The summed E-state index contributed by atoms with van der Waals surface area (Å²) >= 11 is 0. The van der Waals surface area contributed by atoms with Crippen LogP contribution in [0.25, 0.3) is 0 Å². The van der Waals surface area contributed by atoms with Crippen LogP contribution >= 0.6 is 0 Å². The topological polar surface area (TPSA) is 71.4 Å². The van der Waals surface area contributed by atoms with Gasteiger partial charge in [-0.15, -0.1) is 0 Å². The van der Waals surface area contributed by atoms with Crippen molar-refractivity contribution in [3.05, 3.63) is 0 Å². The molecule has 0 heterocycles. The van der Waals surface area contributed by atoms with Crippen LogP contribution in [0.2, 0.25) is 0 Å². The third kappa shape index (κ3) is 4.60. The predicted octanol–water partition coefficient (Wildman–Crippen LogP) is 1.31. The van der Waals surface area contributed by atoms with Gasteiger partial charge in [0.25, 0.3) is 0 Å². The molecule has 0 fully saturated rings. The van der Waals surface area contributed by atoms with Gasteiger partial charge in [0.2, 0.25) is 0 Å². The number of carboxylic acids is 1. The largest absolute Gasteiger partial charge is 0.480 e. The van der Waals surface area contributed by atoms with E-state index in [1.165, 1.54) is 6.92 Å². The van der Waals surface area contributed by atoms with Crippen molar-refractivity contribution in [2.45, 2.75) is 38.9 Å². The van der Waals surface area contributed by atoms with Gasteiger partial charge in [-0.1, -0.05) is 20.3 Å². The van der Waals surface area contributed by atoms with Gasteiger partial charge < -0.3 is 5.11 Å². The van der Waals surface area contributed by atoms with Crippen LogP contribution in [-0.2, 0) is 14.6 Å². The summed E-state index contributed by atoms with van der Waals surface area (Å²) in [6, 6.07) is 0. The zero-order valence-corrected chi connectivity index (χ0v) is 9.67. The average Bonchev–Trinajstić information content (AvgIpc) is 2.01. The van der Waals surface area contributed by atoms with Gasteiger partial charge in [0.05, 0.1) is 5.75 Å². The first-order valence-electron chi connectivity index (χ1n) is 4.71. The van der Waals surface area contributed by atoms with Gasteiger partial charge in [-0.3, -0.25) is 4.79 Å². The van der Waals surface area contributed by atoms with Gasteiger partial charge in [-0.2, -0.15) is 0 Å². The van der Waals surface area contributed by atoms with Crippen molar-refractivity contribution in [2.24, 2.45) is 5.92 Å². The van der Waals surface area contributed by atoms with E-state index in [9.17, 15) is 13.2 Å². The lowest BCUT2D eigenvalue weighted by Gasteiger charge is -2.09. The molecule has 0 aliphatic heterocycles. The quantitative estimate of drug-likeness (QED) is 0.735. The van der Waals surface area contributed by atoms with Crippen molar-refractivity contribution in [3.63, 3.8) is 0 Å². The summed E-state index contributed by atoms with van der Waals surface area (Å²) in [5.41, 5.74) is 0. The van der Waals surface area contributed by atoms with Gasteiger partial charge in [0.1, 0.15) is 0 Å². The lowest BCUT2D eigenvalue weighted by atomic mass is 10.1. The van der Waals surface area contributed by atoms with E-state index < -0.39 is 21.1 Å². The molecule has 4 nitrogen and oxygen atoms in total. The molecule has 1 unspecified atom stereocenters. The third-order valence-electron chi connectivity index (χ3n) is 2.10. The molecule has 1 atom stereocenters. The Morgan fingerprint density at radius 3 is 2.14 bits per heavy atom. The van der Waals surface area contributed by atoms with Crippen LogP contribution in [0.3, 0.4) is 0 Å². The maximum absolute atomic E-state index is 11.4. The van der Waals surface area contributed by atoms with Crippen LogP contribution in [-0.4, -0.2) is 30.5 Å². The van der Waals surface area contributed by atoms with Crippen molar-refractivity contribution < 1.29 is 18.3 Å². The molecule has 0 aromatic carbocycles. The summed E-state index contributed by atoms with van der Waals surface area (Å²) < 4.78 is 22.7. The Balaban J connectivity index is 4.16. The zero-order valence-electron chi connectivity index (χ0n) is 8.86. The highest BCUT2D eigenvalue weighted by atomic mass is 32.2. The Kier molecular flexibility index (Phi) is 5.12. The molecule has 0 aromatic rings. The highest BCUT2D eigenvalue weighted by Crippen LogP contribution is 2.09. The van der Waals surface area contributed by atoms with Crippen LogP contribution in [0, 0.1) is 5.92 Å². The molecule has 0 bridgehead atoms. The minimum Gasteiger partial charge on any atom is -0.480 e. The van der Waals surface area contributed by atoms with Crippen LogP contribution in [0.15, 0.2) is 0 Å². The number of hydrogen-bond donors (Lipinski definition) is 1. The molecule has 0 radical (unpaired) electrons. The van der Waals surface area contributed by atoms with E-state index >= 15 is 0 Å². The Bertz CT molecular complexity index is 279. The first-order chi connectivity index (χ1) is 6.27. The maximum Gasteiger partial charge on any atom is 0.321 e. The lowest BCUT2D eigenvalue weighted by molar-refractivity contribution is -0.136. The molecule has 14 heavy (non-hydrogen) atoms. The normalized spacial score (nSPS) is 14.3. The molecular formula is C9H18O4S. The fraction of sp³-hybridized carbons (Fsp3) is 0.889. The summed E-state index contributed by atoms with van der Waals surface area (Å²) in [5.74, 6) is -0.849. The highest BCUT2D eigenvalue weighted by molar-refractivity contribution is 7.92. The molecule has 0 spiro atoms. The van der Waals surface area contributed by atoms with E-state index in [2.05, 4.69) is 0 Å². The fourth-order valence-electron chi connectivity index (χ4n) is 1.02. The van der Waals surface area contributed by atoms with Crippen LogP contribution in [0.4, 0.5) is 0 Å². The fourth-order valence-corrected chi connectivity index (χ4v) is 2.25. The number of carboxylic acid groups (broad SMARTS) is 1. The first-order valence-corrected chi connectivity index (χ1v) is 6.43. The van der Waals surface area contributed by atoms with Gasteiger partial charge in [-0.25, -0.2) is 8.42 Å². The number of rotatable bonds is 6.